The van der Waals surface area contributed by atoms with Crippen LogP contribution in [0.25, 0.3) is 0 Å². The van der Waals surface area contributed by atoms with E-state index in [1.807, 2.05) is 36.4 Å². The van der Waals surface area contributed by atoms with Gasteiger partial charge in [0.2, 0.25) is 0 Å². The number of pyridine rings is 1. The Morgan fingerprint density at radius 1 is 1.11 bits per heavy atom. The molecular weight excluding hydrogens is 290 g/mol. The van der Waals surface area contributed by atoms with Gasteiger partial charge in [0.15, 0.2) is 0 Å². The molecule has 1 aromatic heterocycles. The Kier molecular flexibility index (Phi) is 2.96. The summed E-state index contributed by atoms with van der Waals surface area (Å²) in [6, 6.07) is 11.7. The van der Waals surface area contributed by atoms with Crippen LogP contribution in [-0.2, 0) is 5.60 Å². The smallest absolute Gasteiger partial charge is 0.119 e. The number of benzene rings is 1. The Hall–Kier alpha value is -1.19. The molecule has 0 spiro atoms. The second kappa shape index (κ2) is 4.48. The van der Waals surface area contributed by atoms with E-state index in [4.69, 9.17) is 0 Å². The molecule has 92 valence electrons. The van der Waals surface area contributed by atoms with Crippen LogP contribution in [0.15, 0.2) is 53.3 Å². The van der Waals surface area contributed by atoms with Crippen molar-refractivity contribution in [1.29, 1.82) is 0 Å². The third kappa shape index (κ3) is 1.98. The number of aliphatic hydroxyl groups is 1. The van der Waals surface area contributed by atoms with Gasteiger partial charge in [-0.1, -0.05) is 34.1 Å². The minimum Gasteiger partial charge on any atom is -0.380 e. The molecule has 1 fully saturated rings. The number of hydrogen-bond acceptors (Lipinski definition) is 2. The molecule has 1 heterocycles. The van der Waals surface area contributed by atoms with Crippen molar-refractivity contribution in [3.63, 3.8) is 0 Å². The van der Waals surface area contributed by atoms with Gasteiger partial charge in [-0.15, -0.1) is 0 Å². The lowest BCUT2D eigenvalue weighted by Crippen LogP contribution is -2.29. The number of halogens is 1. The first-order chi connectivity index (χ1) is 8.71. The lowest BCUT2D eigenvalue weighted by molar-refractivity contribution is 0.0561. The Balaban J connectivity index is 2.09. The minimum absolute atomic E-state index is 0.308. The van der Waals surface area contributed by atoms with Crippen molar-refractivity contribution in [3.8, 4) is 0 Å². The molecule has 0 saturated heterocycles. The van der Waals surface area contributed by atoms with Crippen LogP contribution in [0.1, 0.15) is 24.0 Å². The van der Waals surface area contributed by atoms with Gasteiger partial charge in [0.1, 0.15) is 5.60 Å². The summed E-state index contributed by atoms with van der Waals surface area (Å²) >= 11 is 3.43. The maximum atomic E-state index is 11.1. The molecule has 2 aromatic rings. The SMILES string of the molecule is O[C@@](c1ccc(Br)cc1)(c1cccnc1)C1CC1. The number of hydrogen-bond donors (Lipinski definition) is 1. The van der Waals surface area contributed by atoms with Crippen LogP contribution in [0.2, 0.25) is 0 Å². The first kappa shape index (κ1) is 11.9. The molecule has 1 N–H and O–H groups in total. The maximum absolute atomic E-state index is 11.1. The number of rotatable bonds is 3. The molecule has 18 heavy (non-hydrogen) atoms. The molecule has 0 radical (unpaired) electrons. The highest BCUT2D eigenvalue weighted by Gasteiger charge is 2.46. The van der Waals surface area contributed by atoms with Crippen LogP contribution in [0.4, 0.5) is 0 Å². The topological polar surface area (TPSA) is 33.1 Å². The summed E-state index contributed by atoms with van der Waals surface area (Å²) in [5.41, 5.74) is 0.936. The summed E-state index contributed by atoms with van der Waals surface area (Å²) in [4.78, 5) is 4.13. The Labute approximate surface area is 115 Å². The second-order valence-electron chi connectivity index (χ2n) is 4.79. The average Bonchev–Trinajstić information content (AvgIpc) is 3.24. The van der Waals surface area contributed by atoms with Crippen molar-refractivity contribution in [2.75, 3.05) is 0 Å². The fourth-order valence-corrected chi connectivity index (χ4v) is 2.70. The maximum Gasteiger partial charge on any atom is 0.119 e. The van der Waals surface area contributed by atoms with E-state index in [0.29, 0.717) is 5.92 Å². The summed E-state index contributed by atoms with van der Waals surface area (Å²) in [5.74, 6) is 0.308. The molecule has 2 nitrogen and oxygen atoms in total. The third-order valence-corrected chi connectivity index (χ3v) is 4.08. The largest absolute Gasteiger partial charge is 0.380 e. The highest BCUT2D eigenvalue weighted by atomic mass is 79.9. The van der Waals surface area contributed by atoms with Crippen molar-refractivity contribution in [3.05, 3.63) is 64.4 Å². The molecule has 0 aliphatic heterocycles. The first-order valence-corrected chi connectivity index (χ1v) is 6.89. The molecule has 1 aromatic carbocycles. The predicted molar refractivity (Wildman–Crippen MR) is 74.1 cm³/mol. The van der Waals surface area contributed by atoms with Crippen LogP contribution < -0.4 is 0 Å². The van der Waals surface area contributed by atoms with E-state index in [9.17, 15) is 5.11 Å². The van der Waals surface area contributed by atoms with Gasteiger partial charge in [-0.05, 0) is 42.5 Å². The lowest BCUT2D eigenvalue weighted by Gasteiger charge is -2.29. The third-order valence-electron chi connectivity index (χ3n) is 3.55. The van der Waals surface area contributed by atoms with Gasteiger partial charge in [-0.3, -0.25) is 4.98 Å². The van der Waals surface area contributed by atoms with E-state index in [1.165, 1.54) is 0 Å². The van der Waals surface area contributed by atoms with Gasteiger partial charge in [-0.25, -0.2) is 0 Å². The quantitative estimate of drug-likeness (QED) is 0.941. The van der Waals surface area contributed by atoms with E-state index < -0.39 is 5.60 Å². The second-order valence-corrected chi connectivity index (χ2v) is 5.70. The lowest BCUT2D eigenvalue weighted by atomic mass is 9.83. The zero-order valence-electron chi connectivity index (χ0n) is 9.88. The van der Waals surface area contributed by atoms with E-state index in [1.54, 1.807) is 12.4 Å². The van der Waals surface area contributed by atoms with Crippen molar-refractivity contribution < 1.29 is 5.11 Å². The molecule has 0 bridgehead atoms. The van der Waals surface area contributed by atoms with E-state index in [-0.39, 0.29) is 0 Å². The first-order valence-electron chi connectivity index (χ1n) is 6.10. The van der Waals surface area contributed by atoms with Gasteiger partial charge in [0, 0.05) is 22.4 Å². The molecule has 1 saturated carbocycles. The van der Waals surface area contributed by atoms with Crippen LogP contribution >= 0.6 is 15.9 Å². The monoisotopic (exact) mass is 303 g/mol. The van der Waals surface area contributed by atoms with E-state index in [2.05, 4.69) is 20.9 Å². The summed E-state index contributed by atoms with van der Waals surface area (Å²) < 4.78 is 1.02. The van der Waals surface area contributed by atoms with Gasteiger partial charge in [0.25, 0.3) is 0 Å². The van der Waals surface area contributed by atoms with Gasteiger partial charge in [-0.2, -0.15) is 0 Å². The summed E-state index contributed by atoms with van der Waals surface area (Å²) in [6.07, 6.45) is 5.64. The standard InChI is InChI=1S/C15H14BrNO/c16-14-7-5-12(6-8-14)15(18,11-3-4-11)13-2-1-9-17-10-13/h1-2,5-11,18H,3-4H2/t15-/m0/s1. The number of aromatic nitrogens is 1. The van der Waals surface area contributed by atoms with E-state index >= 15 is 0 Å². The highest BCUT2D eigenvalue weighted by molar-refractivity contribution is 9.10. The van der Waals surface area contributed by atoms with Crippen molar-refractivity contribution in [2.45, 2.75) is 18.4 Å². The molecule has 1 aliphatic carbocycles. The van der Waals surface area contributed by atoms with Crippen LogP contribution in [0, 0.1) is 5.92 Å². The molecule has 3 heteroatoms. The van der Waals surface area contributed by atoms with Crippen molar-refractivity contribution in [1.82, 2.24) is 4.98 Å². The molecule has 3 rings (SSSR count). The van der Waals surface area contributed by atoms with Crippen LogP contribution in [0.5, 0.6) is 0 Å². The summed E-state index contributed by atoms with van der Waals surface area (Å²) in [5, 5.41) is 11.1. The zero-order valence-corrected chi connectivity index (χ0v) is 11.5. The number of nitrogens with zero attached hydrogens (tertiary/aromatic N) is 1. The molecular formula is C15H14BrNO. The molecule has 1 atom stereocenters. The van der Waals surface area contributed by atoms with E-state index in [0.717, 1.165) is 28.4 Å². The van der Waals surface area contributed by atoms with Crippen LogP contribution in [-0.4, -0.2) is 10.1 Å². The minimum atomic E-state index is -0.894. The molecule has 1 aliphatic rings. The highest BCUT2D eigenvalue weighted by Crippen LogP contribution is 2.49. The predicted octanol–water partition coefficient (Wildman–Crippen LogP) is 3.49. The Morgan fingerprint density at radius 2 is 1.83 bits per heavy atom. The average molecular weight is 304 g/mol. The van der Waals surface area contributed by atoms with Gasteiger partial charge < -0.3 is 5.11 Å². The Bertz CT molecular complexity index is 536. The molecule has 0 amide bonds. The summed E-state index contributed by atoms with van der Waals surface area (Å²) in [7, 11) is 0. The Morgan fingerprint density at radius 3 is 2.39 bits per heavy atom. The zero-order chi connectivity index (χ0) is 12.6. The van der Waals surface area contributed by atoms with Crippen LogP contribution in [0.3, 0.4) is 0 Å². The van der Waals surface area contributed by atoms with Gasteiger partial charge >= 0.3 is 0 Å². The fourth-order valence-electron chi connectivity index (χ4n) is 2.43. The van der Waals surface area contributed by atoms with Crippen molar-refractivity contribution in [2.24, 2.45) is 5.92 Å². The molecule has 0 unspecified atom stereocenters. The van der Waals surface area contributed by atoms with Gasteiger partial charge in [0.05, 0.1) is 0 Å². The fraction of sp³-hybridized carbons (Fsp3) is 0.267. The summed E-state index contributed by atoms with van der Waals surface area (Å²) in [6.45, 7) is 0. The van der Waals surface area contributed by atoms with Crippen molar-refractivity contribution >= 4 is 15.9 Å². The normalized spacial score (nSPS) is 18.3.